The second-order valence-corrected chi connectivity index (χ2v) is 4.73. The van der Waals surface area contributed by atoms with Gasteiger partial charge in [0.05, 0.1) is 11.6 Å². The molecule has 0 saturated carbocycles. The van der Waals surface area contributed by atoms with E-state index in [1.165, 1.54) is 0 Å². The lowest BCUT2D eigenvalue weighted by Crippen LogP contribution is -2.51. The van der Waals surface area contributed by atoms with Gasteiger partial charge in [0.15, 0.2) is 5.78 Å². The molecule has 1 aliphatic heterocycles. The van der Waals surface area contributed by atoms with Crippen molar-refractivity contribution in [3.8, 4) is 0 Å². The fraction of sp³-hybridized carbons (Fsp3) is 0.818. The van der Waals surface area contributed by atoms with Crippen LogP contribution in [-0.2, 0) is 9.59 Å². The van der Waals surface area contributed by atoms with Crippen molar-refractivity contribution >= 4 is 11.6 Å². The van der Waals surface area contributed by atoms with Crippen LogP contribution >= 0.6 is 0 Å². The number of hydrogen-bond acceptors (Lipinski definition) is 4. The summed E-state index contributed by atoms with van der Waals surface area (Å²) in [5.41, 5.74) is -0.481. The van der Waals surface area contributed by atoms with E-state index >= 15 is 0 Å². The molecule has 1 aliphatic rings. The third-order valence-corrected chi connectivity index (χ3v) is 3.55. The summed E-state index contributed by atoms with van der Waals surface area (Å²) in [6, 6.07) is -0.115. The number of carbonyl (C=O) groups excluding carboxylic acids is 2. The summed E-state index contributed by atoms with van der Waals surface area (Å²) in [6.45, 7) is 3.84. The zero-order valence-electron chi connectivity index (χ0n) is 10.2. The Hall–Kier alpha value is -0.740. The molecular weight excluding hydrogens is 192 g/mol. The monoisotopic (exact) mass is 212 g/mol. The van der Waals surface area contributed by atoms with Crippen molar-refractivity contribution < 1.29 is 9.59 Å². The highest BCUT2D eigenvalue weighted by molar-refractivity contribution is 5.90. The zero-order chi connectivity index (χ0) is 11.8. The Morgan fingerprint density at radius 1 is 1.33 bits per heavy atom. The number of Topliss-reactive ketones (excluding diaryl/α,β-unsaturated/α-hetero) is 2. The summed E-state index contributed by atoms with van der Waals surface area (Å²) in [4.78, 5) is 27.1. The van der Waals surface area contributed by atoms with E-state index in [0.29, 0.717) is 13.0 Å². The first-order chi connectivity index (χ1) is 6.81. The Balaban J connectivity index is 2.98. The summed E-state index contributed by atoms with van der Waals surface area (Å²) in [6.07, 6.45) is 0.612. The number of likely N-dealkylation sites (N-methyl/N-ethyl adjacent to an activating group) is 2. The molecule has 2 unspecified atom stereocenters. The highest BCUT2D eigenvalue weighted by atomic mass is 16.1. The van der Waals surface area contributed by atoms with E-state index in [0.717, 1.165) is 0 Å². The third kappa shape index (κ3) is 1.96. The van der Waals surface area contributed by atoms with Gasteiger partial charge in [0, 0.05) is 6.54 Å². The molecule has 0 aliphatic carbocycles. The summed E-state index contributed by atoms with van der Waals surface area (Å²) >= 11 is 0. The molecule has 0 aromatic carbocycles. The van der Waals surface area contributed by atoms with Crippen molar-refractivity contribution in [2.24, 2.45) is 0 Å². The topological polar surface area (TPSA) is 40.6 Å². The Morgan fingerprint density at radius 2 is 1.87 bits per heavy atom. The van der Waals surface area contributed by atoms with Crippen molar-refractivity contribution in [1.82, 2.24) is 9.80 Å². The lowest BCUT2D eigenvalue weighted by atomic mass is 9.89. The molecular formula is C11H20N2O2. The average molecular weight is 212 g/mol. The van der Waals surface area contributed by atoms with Gasteiger partial charge >= 0.3 is 0 Å². The first kappa shape index (κ1) is 12.3. The van der Waals surface area contributed by atoms with E-state index in [-0.39, 0.29) is 17.6 Å². The molecule has 0 spiro atoms. The Bertz CT molecular complexity index is 288. The van der Waals surface area contributed by atoms with Gasteiger partial charge in [-0.15, -0.1) is 0 Å². The standard InChI is InChI=1S/C11H20N2O2/c1-8(14)10-6-11(9(2)15,12(3)4)7-13(10)5/h10H,6-7H2,1-5H3. The van der Waals surface area contributed by atoms with Crippen LogP contribution in [0.1, 0.15) is 20.3 Å². The number of ketones is 2. The largest absolute Gasteiger partial charge is 0.298 e. The number of hydrogen-bond donors (Lipinski definition) is 0. The molecule has 0 radical (unpaired) electrons. The van der Waals surface area contributed by atoms with Gasteiger partial charge in [-0.05, 0) is 41.4 Å². The molecule has 0 N–H and O–H groups in total. The average Bonchev–Trinajstić information content (AvgIpc) is 2.44. The van der Waals surface area contributed by atoms with Gasteiger partial charge in [-0.1, -0.05) is 0 Å². The van der Waals surface area contributed by atoms with Gasteiger partial charge < -0.3 is 0 Å². The third-order valence-electron chi connectivity index (χ3n) is 3.55. The predicted molar refractivity (Wildman–Crippen MR) is 58.8 cm³/mol. The molecule has 86 valence electrons. The molecule has 4 heteroatoms. The molecule has 1 saturated heterocycles. The van der Waals surface area contributed by atoms with Crippen LogP contribution in [0.2, 0.25) is 0 Å². The molecule has 15 heavy (non-hydrogen) atoms. The molecule has 4 nitrogen and oxygen atoms in total. The first-order valence-corrected chi connectivity index (χ1v) is 5.20. The van der Waals surface area contributed by atoms with E-state index in [1.807, 2.05) is 30.9 Å². The minimum absolute atomic E-state index is 0.115. The van der Waals surface area contributed by atoms with E-state index in [2.05, 4.69) is 0 Å². The Kier molecular flexibility index (Phi) is 3.31. The van der Waals surface area contributed by atoms with Crippen LogP contribution in [0.5, 0.6) is 0 Å². The number of rotatable bonds is 3. The van der Waals surface area contributed by atoms with Crippen LogP contribution < -0.4 is 0 Å². The maximum absolute atomic E-state index is 11.7. The van der Waals surface area contributed by atoms with Crippen LogP contribution in [0.25, 0.3) is 0 Å². The highest BCUT2D eigenvalue weighted by Gasteiger charge is 2.48. The number of likely N-dealkylation sites (tertiary alicyclic amines) is 1. The number of carbonyl (C=O) groups is 2. The molecule has 2 atom stereocenters. The maximum Gasteiger partial charge on any atom is 0.151 e. The second kappa shape index (κ2) is 4.02. The highest BCUT2D eigenvalue weighted by Crippen LogP contribution is 2.31. The van der Waals surface area contributed by atoms with Crippen LogP contribution in [0.3, 0.4) is 0 Å². The van der Waals surface area contributed by atoms with Crippen molar-refractivity contribution in [2.75, 3.05) is 27.7 Å². The van der Waals surface area contributed by atoms with E-state index in [4.69, 9.17) is 0 Å². The lowest BCUT2D eigenvalue weighted by molar-refractivity contribution is -0.126. The molecule has 1 fully saturated rings. The smallest absolute Gasteiger partial charge is 0.151 e. The van der Waals surface area contributed by atoms with Crippen LogP contribution in [0, 0.1) is 0 Å². The maximum atomic E-state index is 11.7. The van der Waals surface area contributed by atoms with E-state index in [1.54, 1.807) is 13.8 Å². The van der Waals surface area contributed by atoms with Crippen LogP contribution in [0.4, 0.5) is 0 Å². The molecule has 1 rings (SSSR count). The fourth-order valence-corrected chi connectivity index (χ4v) is 2.41. The molecule has 0 aromatic heterocycles. The van der Waals surface area contributed by atoms with Crippen LogP contribution in [-0.4, -0.2) is 60.6 Å². The summed E-state index contributed by atoms with van der Waals surface area (Å²) in [7, 11) is 5.70. The first-order valence-electron chi connectivity index (χ1n) is 5.20. The van der Waals surface area contributed by atoms with Crippen LogP contribution in [0.15, 0.2) is 0 Å². The zero-order valence-corrected chi connectivity index (χ0v) is 10.2. The van der Waals surface area contributed by atoms with Gasteiger partial charge in [0.25, 0.3) is 0 Å². The minimum Gasteiger partial charge on any atom is -0.298 e. The number of nitrogens with zero attached hydrogens (tertiary/aromatic N) is 2. The van der Waals surface area contributed by atoms with Crippen molar-refractivity contribution in [1.29, 1.82) is 0 Å². The Morgan fingerprint density at radius 3 is 2.07 bits per heavy atom. The molecule has 0 bridgehead atoms. The van der Waals surface area contributed by atoms with Gasteiger partial charge in [-0.25, -0.2) is 0 Å². The minimum atomic E-state index is -0.481. The second-order valence-electron chi connectivity index (χ2n) is 4.73. The predicted octanol–water partition coefficient (Wildman–Crippen LogP) is 0.169. The molecule has 0 amide bonds. The van der Waals surface area contributed by atoms with E-state index < -0.39 is 5.54 Å². The van der Waals surface area contributed by atoms with Gasteiger partial charge in [-0.3, -0.25) is 19.4 Å². The van der Waals surface area contributed by atoms with Gasteiger partial charge in [0.1, 0.15) is 5.78 Å². The van der Waals surface area contributed by atoms with Crippen molar-refractivity contribution in [3.05, 3.63) is 0 Å². The molecule has 1 heterocycles. The lowest BCUT2D eigenvalue weighted by Gasteiger charge is -2.33. The van der Waals surface area contributed by atoms with E-state index in [9.17, 15) is 9.59 Å². The molecule has 0 aromatic rings. The normalized spacial score (nSPS) is 32.3. The van der Waals surface area contributed by atoms with Gasteiger partial charge in [0.2, 0.25) is 0 Å². The van der Waals surface area contributed by atoms with Crippen molar-refractivity contribution in [3.63, 3.8) is 0 Å². The summed E-state index contributed by atoms with van der Waals surface area (Å²) in [5.74, 6) is 0.283. The SMILES string of the molecule is CC(=O)C1CC(C(C)=O)(N(C)C)CN1C. The summed E-state index contributed by atoms with van der Waals surface area (Å²) < 4.78 is 0. The van der Waals surface area contributed by atoms with Crippen molar-refractivity contribution in [2.45, 2.75) is 31.8 Å². The summed E-state index contributed by atoms with van der Waals surface area (Å²) in [5, 5.41) is 0. The quantitative estimate of drug-likeness (QED) is 0.668. The Labute approximate surface area is 91.2 Å². The van der Waals surface area contributed by atoms with Gasteiger partial charge in [-0.2, -0.15) is 0 Å². The fourth-order valence-electron chi connectivity index (χ4n) is 2.41.